The largest absolute Gasteiger partial charge is 0.390 e. The van der Waals surface area contributed by atoms with E-state index in [-0.39, 0.29) is 24.6 Å². The number of sulfone groups is 1. The topological polar surface area (TPSA) is 158 Å². The molecule has 2 aromatic carbocycles. The van der Waals surface area contributed by atoms with E-state index in [2.05, 4.69) is 25.8 Å². The lowest BCUT2D eigenvalue weighted by Gasteiger charge is -2.47. The number of rotatable bonds is 12. The van der Waals surface area contributed by atoms with Crippen molar-refractivity contribution in [2.24, 2.45) is 11.8 Å². The number of likely N-dealkylation sites (tertiary alicyclic amines) is 1. The van der Waals surface area contributed by atoms with Crippen LogP contribution in [-0.2, 0) is 25.8 Å². The molecule has 282 valence electrons. The highest BCUT2D eigenvalue weighted by Crippen LogP contribution is 2.39. The van der Waals surface area contributed by atoms with E-state index < -0.39 is 56.2 Å². The Morgan fingerprint density at radius 3 is 2.23 bits per heavy atom. The van der Waals surface area contributed by atoms with E-state index in [4.69, 9.17) is 0 Å². The van der Waals surface area contributed by atoms with Crippen molar-refractivity contribution in [2.45, 2.75) is 108 Å². The van der Waals surface area contributed by atoms with E-state index in [1.54, 1.807) is 18.2 Å². The van der Waals surface area contributed by atoms with E-state index in [1.165, 1.54) is 19.9 Å². The van der Waals surface area contributed by atoms with Crippen LogP contribution < -0.4 is 16.0 Å². The van der Waals surface area contributed by atoms with Crippen molar-refractivity contribution in [1.82, 2.24) is 25.8 Å². The van der Waals surface area contributed by atoms with Crippen LogP contribution in [0.3, 0.4) is 0 Å². The van der Waals surface area contributed by atoms with Gasteiger partial charge in [0.2, 0.25) is 11.8 Å². The first-order valence-corrected chi connectivity index (χ1v) is 20.3. The van der Waals surface area contributed by atoms with Gasteiger partial charge < -0.3 is 21.1 Å². The van der Waals surface area contributed by atoms with Gasteiger partial charge in [0.05, 0.1) is 28.5 Å². The fourth-order valence-electron chi connectivity index (χ4n) is 7.58. The van der Waals surface area contributed by atoms with E-state index in [0.717, 1.165) is 42.9 Å². The summed E-state index contributed by atoms with van der Waals surface area (Å²) in [6, 6.07) is 17.1. The Morgan fingerprint density at radius 2 is 1.56 bits per heavy atom. The molecule has 5 rings (SSSR count). The Hall–Kier alpha value is -3.87. The average Bonchev–Trinajstić information content (AvgIpc) is 3.08. The summed E-state index contributed by atoms with van der Waals surface area (Å²) in [4.78, 5) is 48.2. The standard InChI is InChI=1S/C40H55N5O6S/c1-39(2,3)44-37(48)33-23-28-17-10-11-18-29(28)24-45(33)25-34(46)32(22-26-14-8-7-9-15-26)42-38(49)35(40(4,5)52(6,50)51)43-36(47)31-21-20-27-16-12-13-19-30(27)41-31/h7-9,12-16,19-21,28-29,32-35,46H,10-11,17-18,22-25H2,1-6H3,(H,42,49)(H,43,47)(H,44,48)/t28-,29+,32-,33-,34+,35+/m0/s1. The summed E-state index contributed by atoms with van der Waals surface area (Å²) in [5, 5.41) is 21.6. The van der Waals surface area contributed by atoms with Crippen molar-refractivity contribution in [3.8, 4) is 0 Å². The van der Waals surface area contributed by atoms with Gasteiger partial charge in [0, 0.05) is 30.3 Å². The summed E-state index contributed by atoms with van der Waals surface area (Å²) in [5.74, 6) is -0.672. The summed E-state index contributed by atoms with van der Waals surface area (Å²) in [6.45, 7) is 9.43. The molecule has 0 radical (unpaired) electrons. The molecular formula is C40H55N5O6S. The minimum Gasteiger partial charge on any atom is -0.390 e. The van der Waals surface area contributed by atoms with Gasteiger partial charge >= 0.3 is 0 Å². The Kier molecular flexibility index (Phi) is 12.1. The highest BCUT2D eigenvalue weighted by atomic mass is 32.2. The third-order valence-corrected chi connectivity index (χ3v) is 13.0. The summed E-state index contributed by atoms with van der Waals surface area (Å²) in [7, 11) is -3.90. The minimum atomic E-state index is -3.90. The number of hydrogen-bond donors (Lipinski definition) is 4. The predicted octanol–water partition coefficient (Wildman–Crippen LogP) is 4.04. The van der Waals surface area contributed by atoms with Gasteiger partial charge in [-0.15, -0.1) is 0 Å². The molecule has 0 bridgehead atoms. The second-order valence-corrected chi connectivity index (χ2v) is 18.9. The van der Waals surface area contributed by atoms with Gasteiger partial charge in [-0.25, -0.2) is 13.4 Å². The molecule has 0 spiro atoms. The molecule has 3 amide bonds. The predicted molar refractivity (Wildman–Crippen MR) is 203 cm³/mol. The zero-order valence-corrected chi connectivity index (χ0v) is 32.1. The number of β-amino-alcohol motifs (C(OH)–C–C–N with tert-alkyl or cyclic N) is 1. The third-order valence-electron chi connectivity index (χ3n) is 10.8. The van der Waals surface area contributed by atoms with Crippen LogP contribution in [0.5, 0.6) is 0 Å². The van der Waals surface area contributed by atoms with Crippen molar-refractivity contribution >= 4 is 38.5 Å². The van der Waals surface area contributed by atoms with Crippen LogP contribution in [-0.4, -0.2) is 95.0 Å². The number of nitrogens with one attached hydrogen (secondary N) is 3. The number of aromatic nitrogens is 1. The molecule has 52 heavy (non-hydrogen) atoms. The van der Waals surface area contributed by atoms with Crippen LogP contribution in [0.4, 0.5) is 0 Å². The first kappa shape index (κ1) is 39.3. The van der Waals surface area contributed by atoms with Gasteiger partial charge in [0.15, 0.2) is 9.84 Å². The highest BCUT2D eigenvalue weighted by molar-refractivity contribution is 7.92. The Balaban J connectivity index is 1.43. The molecule has 1 saturated carbocycles. The maximum Gasteiger partial charge on any atom is 0.270 e. The lowest BCUT2D eigenvalue weighted by molar-refractivity contribution is -0.133. The number of pyridine rings is 1. The van der Waals surface area contributed by atoms with Crippen molar-refractivity contribution in [2.75, 3.05) is 19.3 Å². The van der Waals surface area contributed by atoms with Crippen molar-refractivity contribution in [3.05, 3.63) is 78.0 Å². The number of aliphatic hydroxyl groups is 1. The third kappa shape index (κ3) is 9.56. The monoisotopic (exact) mass is 733 g/mol. The molecule has 3 aromatic rings. The van der Waals surface area contributed by atoms with E-state index in [9.17, 15) is 27.9 Å². The number of carbonyl (C=O) groups excluding carboxylic acids is 3. The van der Waals surface area contributed by atoms with Crippen molar-refractivity contribution < 1.29 is 27.9 Å². The molecule has 2 heterocycles. The molecule has 0 unspecified atom stereocenters. The number of fused-ring (bicyclic) bond motifs is 2. The number of aliphatic hydroxyl groups excluding tert-OH is 1. The normalized spacial score (nSPS) is 21.7. The Bertz CT molecular complexity index is 1840. The van der Waals surface area contributed by atoms with Crippen LogP contribution >= 0.6 is 0 Å². The van der Waals surface area contributed by atoms with Gasteiger partial charge in [0.25, 0.3) is 5.91 Å². The fraction of sp³-hybridized carbons (Fsp3) is 0.550. The lowest BCUT2D eigenvalue weighted by Crippen LogP contribution is -2.64. The molecular weight excluding hydrogens is 679 g/mol. The molecule has 2 aliphatic rings. The van der Waals surface area contributed by atoms with Gasteiger partial charge in [-0.1, -0.05) is 73.9 Å². The highest BCUT2D eigenvalue weighted by Gasteiger charge is 2.46. The molecule has 1 aliphatic carbocycles. The Labute approximate surface area is 308 Å². The number of carbonyl (C=O) groups is 3. The number of hydrogen-bond acceptors (Lipinski definition) is 8. The number of nitrogens with zero attached hydrogens (tertiary/aromatic N) is 2. The van der Waals surface area contributed by atoms with Crippen LogP contribution in [0.25, 0.3) is 10.9 Å². The molecule has 11 nitrogen and oxygen atoms in total. The summed E-state index contributed by atoms with van der Waals surface area (Å²) in [5.41, 5.74) is 1.04. The second-order valence-electron chi connectivity index (χ2n) is 16.3. The first-order chi connectivity index (χ1) is 24.4. The van der Waals surface area contributed by atoms with E-state index in [1.807, 2.05) is 63.2 Å². The SMILES string of the molecule is CC(C)(C)NC(=O)[C@@H]1C[C@@H]2CCCC[C@@H]2CN1C[C@@H](O)[C@H](Cc1ccccc1)NC(=O)[C@@H](NC(=O)c1ccc2ccccc2n1)C(C)(C)S(C)(=O)=O. The van der Waals surface area contributed by atoms with Crippen LogP contribution in [0.15, 0.2) is 66.7 Å². The second kappa shape index (κ2) is 16.0. The van der Waals surface area contributed by atoms with E-state index in [0.29, 0.717) is 30.3 Å². The first-order valence-electron chi connectivity index (χ1n) is 18.4. The van der Waals surface area contributed by atoms with Crippen LogP contribution in [0, 0.1) is 11.8 Å². The van der Waals surface area contributed by atoms with Crippen molar-refractivity contribution in [3.63, 3.8) is 0 Å². The number of para-hydroxylation sites is 1. The quantitative estimate of drug-likeness (QED) is 0.217. The van der Waals surface area contributed by atoms with Gasteiger partial charge in [-0.2, -0.15) is 0 Å². The van der Waals surface area contributed by atoms with Gasteiger partial charge in [0.1, 0.15) is 11.7 Å². The number of piperidine rings is 1. The summed E-state index contributed by atoms with van der Waals surface area (Å²) >= 11 is 0. The zero-order chi connectivity index (χ0) is 37.8. The molecule has 12 heteroatoms. The lowest BCUT2D eigenvalue weighted by atomic mass is 9.72. The summed E-state index contributed by atoms with van der Waals surface area (Å²) < 4.78 is 24.5. The van der Waals surface area contributed by atoms with Gasteiger partial charge in [-0.3, -0.25) is 19.3 Å². The van der Waals surface area contributed by atoms with Crippen LogP contribution in [0.2, 0.25) is 0 Å². The minimum absolute atomic E-state index is 0.0346. The molecule has 1 saturated heterocycles. The molecule has 1 aromatic heterocycles. The van der Waals surface area contributed by atoms with Crippen molar-refractivity contribution in [1.29, 1.82) is 0 Å². The van der Waals surface area contributed by atoms with E-state index >= 15 is 0 Å². The molecule has 2 fully saturated rings. The smallest absolute Gasteiger partial charge is 0.270 e. The molecule has 1 aliphatic heterocycles. The zero-order valence-electron chi connectivity index (χ0n) is 31.3. The fourth-order valence-corrected chi connectivity index (χ4v) is 8.17. The Morgan fingerprint density at radius 1 is 0.904 bits per heavy atom. The molecule has 4 N–H and O–H groups in total. The van der Waals surface area contributed by atoms with Crippen LogP contribution in [0.1, 0.15) is 82.8 Å². The average molecular weight is 734 g/mol. The summed E-state index contributed by atoms with van der Waals surface area (Å²) in [6.07, 6.45) is 5.29. The molecule has 6 atom stereocenters. The maximum absolute atomic E-state index is 14.3. The number of amides is 3. The number of benzene rings is 2. The van der Waals surface area contributed by atoms with Gasteiger partial charge in [-0.05, 0) is 83.4 Å². The maximum atomic E-state index is 14.3.